The Kier molecular flexibility index (Phi) is 7.80. The summed E-state index contributed by atoms with van der Waals surface area (Å²) in [5, 5.41) is 13.4. The van der Waals surface area contributed by atoms with Gasteiger partial charge in [-0.25, -0.2) is 5.48 Å². The number of carbonyl (C=O) groups excluding carboxylic acids is 1. The van der Waals surface area contributed by atoms with E-state index in [9.17, 15) is 4.79 Å². The largest absolute Gasteiger partial charge is 0.497 e. The van der Waals surface area contributed by atoms with Gasteiger partial charge in [0.15, 0.2) is 0 Å². The number of para-hydroxylation sites is 1. The highest BCUT2D eigenvalue weighted by molar-refractivity contribution is 7.99. The van der Waals surface area contributed by atoms with Gasteiger partial charge in [0, 0.05) is 28.1 Å². The van der Waals surface area contributed by atoms with Crippen molar-refractivity contribution in [2.45, 2.75) is 4.90 Å². The Morgan fingerprint density at radius 1 is 1.06 bits per heavy atom. The lowest BCUT2D eigenvalue weighted by atomic mass is 10.1. The number of ether oxygens (including phenoxy) is 1. The number of nitrogens with one attached hydrogen (secondary N) is 2. The molecule has 0 aliphatic rings. The second-order valence-corrected chi connectivity index (χ2v) is 8.65. The van der Waals surface area contributed by atoms with Crippen LogP contribution in [-0.2, 0) is 0 Å². The first-order valence-corrected chi connectivity index (χ1v) is 11.7. The molecule has 4 rings (SSSR count). The first kappa shape index (κ1) is 23.4. The minimum Gasteiger partial charge on any atom is -0.497 e. The zero-order valence-electron chi connectivity index (χ0n) is 18.7. The van der Waals surface area contributed by atoms with Gasteiger partial charge in [0.1, 0.15) is 5.75 Å². The summed E-state index contributed by atoms with van der Waals surface area (Å²) in [6, 6.07) is 25.2. The van der Waals surface area contributed by atoms with Crippen LogP contribution in [0.25, 0.3) is 17.0 Å². The third-order valence-electron chi connectivity index (χ3n) is 5.22. The van der Waals surface area contributed by atoms with Crippen molar-refractivity contribution in [1.29, 1.82) is 0 Å². The minimum absolute atomic E-state index is 0.396. The molecule has 0 atom stereocenters. The number of nitrogens with zero attached hydrogens (tertiary/aromatic N) is 1. The Labute approximate surface area is 202 Å². The summed E-state index contributed by atoms with van der Waals surface area (Å²) >= 11 is 1.73. The van der Waals surface area contributed by atoms with E-state index in [-0.39, 0.29) is 0 Å². The lowest BCUT2D eigenvalue weighted by molar-refractivity contribution is 0.0706. The van der Waals surface area contributed by atoms with Crippen molar-refractivity contribution in [1.82, 2.24) is 10.5 Å². The maximum Gasteiger partial charge on any atom is 0.274 e. The van der Waals surface area contributed by atoms with Gasteiger partial charge >= 0.3 is 0 Å². The number of fused-ring (bicyclic) bond motifs is 1. The molecular weight excluding hydrogens is 446 g/mol. The maximum atomic E-state index is 11.6. The molecule has 172 valence electrons. The number of benzene rings is 3. The molecule has 0 unspecified atom stereocenters. The monoisotopic (exact) mass is 471 g/mol. The second kappa shape index (κ2) is 11.4. The lowest BCUT2D eigenvalue weighted by Gasteiger charge is -2.12. The van der Waals surface area contributed by atoms with E-state index in [4.69, 9.17) is 9.94 Å². The Morgan fingerprint density at radius 2 is 1.88 bits per heavy atom. The molecular formula is C27H25N3O3S. The van der Waals surface area contributed by atoms with Crippen LogP contribution in [-0.4, -0.2) is 35.5 Å². The van der Waals surface area contributed by atoms with Crippen LogP contribution in [0.3, 0.4) is 0 Å². The average Bonchev–Trinajstić information content (AvgIpc) is 2.90. The zero-order valence-corrected chi connectivity index (χ0v) is 19.5. The van der Waals surface area contributed by atoms with Gasteiger partial charge in [-0.2, -0.15) is 0 Å². The fourth-order valence-electron chi connectivity index (χ4n) is 3.43. The van der Waals surface area contributed by atoms with Crippen molar-refractivity contribution in [3.05, 3.63) is 102 Å². The molecule has 0 bridgehead atoms. The molecule has 0 aliphatic heterocycles. The van der Waals surface area contributed by atoms with Crippen LogP contribution < -0.4 is 15.5 Å². The fraction of sp³-hybridized carbons (Fsp3) is 0.111. The standard InChI is InChI=1S/C27H25N3O3S/c1-33-24-6-4-7-25(15-24)34-18-20(13-19-9-11-21(12-10-19)27(31)30-32)16-28-23-14-22-5-2-3-8-26(22)29-17-23/h2-15,17,28,32H,16,18H2,1H3,(H,30,31)/b20-13+. The summed E-state index contributed by atoms with van der Waals surface area (Å²) < 4.78 is 5.34. The number of hydrogen-bond donors (Lipinski definition) is 3. The van der Waals surface area contributed by atoms with Gasteiger partial charge in [-0.1, -0.05) is 42.5 Å². The van der Waals surface area contributed by atoms with E-state index in [0.717, 1.165) is 38.6 Å². The van der Waals surface area contributed by atoms with Crippen molar-refractivity contribution in [2.75, 3.05) is 24.7 Å². The van der Waals surface area contributed by atoms with Gasteiger partial charge in [-0.3, -0.25) is 15.0 Å². The van der Waals surface area contributed by atoms with E-state index in [1.807, 2.05) is 60.8 Å². The number of amides is 1. The molecule has 6 nitrogen and oxygen atoms in total. The third-order valence-corrected chi connectivity index (χ3v) is 6.32. The van der Waals surface area contributed by atoms with Crippen molar-refractivity contribution in [2.24, 2.45) is 0 Å². The van der Waals surface area contributed by atoms with Gasteiger partial charge in [0.2, 0.25) is 0 Å². The number of rotatable bonds is 9. The molecule has 1 amide bonds. The topological polar surface area (TPSA) is 83.5 Å². The number of carbonyl (C=O) groups is 1. The summed E-state index contributed by atoms with van der Waals surface area (Å²) in [5.41, 5.74) is 6.10. The van der Waals surface area contributed by atoms with Crippen LogP contribution in [0.4, 0.5) is 5.69 Å². The average molecular weight is 472 g/mol. The molecule has 7 heteroatoms. The highest BCUT2D eigenvalue weighted by atomic mass is 32.2. The van der Waals surface area contributed by atoms with Crippen LogP contribution in [0.15, 0.2) is 95.5 Å². The number of anilines is 1. The number of hydrogen-bond acceptors (Lipinski definition) is 6. The smallest absolute Gasteiger partial charge is 0.274 e. The summed E-state index contributed by atoms with van der Waals surface area (Å²) in [4.78, 5) is 17.3. The van der Waals surface area contributed by atoms with Crippen molar-refractivity contribution in [3.8, 4) is 5.75 Å². The van der Waals surface area contributed by atoms with E-state index in [0.29, 0.717) is 12.1 Å². The van der Waals surface area contributed by atoms with Crippen LogP contribution in [0.2, 0.25) is 0 Å². The predicted molar refractivity (Wildman–Crippen MR) is 138 cm³/mol. The highest BCUT2D eigenvalue weighted by Crippen LogP contribution is 2.26. The molecule has 0 aliphatic carbocycles. The van der Waals surface area contributed by atoms with E-state index in [1.165, 1.54) is 5.57 Å². The molecule has 4 aromatic rings. The molecule has 1 heterocycles. The summed E-state index contributed by atoms with van der Waals surface area (Å²) in [6.07, 6.45) is 3.95. The van der Waals surface area contributed by atoms with E-state index < -0.39 is 5.91 Å². The molecule has 0 saturated carbocycles. The maximum absolute atomic E-state index is 11.6. The van der Waals surface area contributed by atoms with Crippen molar-refractivity contribution in [3.63, 3.8) is 0 Å². The Hall–Kier alpha value is -3.81. The molecule has 1 aromatic heterocycles. The quantitative estimate of drug-likeness (QED) is 0.166. The van der Waals surface area contributed by atoms with Gasteiger partial charge < -0.3 is 10.1 Å². The molecule has 34 heavy (non-hydrogen) atoms. The molecule has 0 fully saturated rings. The van der Waals surface area contributed by atoms with Crippen molar-refractivity contribution >= 4 is 40.3 Å². The highest BCUT2D eigenvalue weighted by Gasteiger charge is 2.06. The normalized spacial score (nSPS) is 11.3. The fourth-order valence-corrected chi connectivity index (χ4v) is 4.34. The first-order valence-electron chi connectivity index (χ1n) is 10.7. The molecule has 3 N–H and O–H groups in total. The lowest BCUT2D eigenvalue weighted by Crippen LogP contribution is -2.18. The van der Waals surface area contributed by atoms with E-state index >= 15 is 0 Å². The van der Waals surface area contributed by atoms with Gasteiger partial charge in [-0.05, 0) is 53.6 Å². The van der Waals surface area contributed by atoms with Gasteiger partial charge in [-0.15, -0.1) is 11.8 Å². The van der Waals surface area contributed by atoms with E-state index in [2.05, 4.69) is 28.5 Å². The molecule has 0 radical (unpaired) electrons. The summed E-state index contributed by atoms with van der Waals surface area (Å²) in [6.45, 7) is 0.635. The SMILES string of the molecule is COc1cccc(SC/C(=C/c2ccc(C(=O)NO)cc2)CNc2cnc3ccccc3c2)c1. The number of methoxy groups -OCH3 is 1. The Morgan fingerprint density at radius 3 is 2.68 bits per heavy atom. The summed E-state index contributed by atoms with van der Waals surface area (Å²) in [7, 11) is 1.66. The van der Waals surface area contributed by atoms with Gasteiger partial charge in [0.25, 0.3) is 5.91 Å². The number of hydroxylamine groups is 1. The van der Waals surface area contributed by atoms with E-state index in [1.54, 1.807) is 36.5 Å². The second-order valence-electron chi connectivity index (χ2n) is 7.60. The van der Waals surface area contributed by atoms with Crippen LogP contribution in [0.5, 0.6) is 5.75 Å². The van der Waals surface area contributed by atoms with Crippen LogP contribution in [0, 0.1) is 0 Å². The molecule has 0 spiro atoms. The zero-order chi connectivity index (χ0) is 23.8. The van der Waals surface area contributed by atoms with Crippen molar-refractivity contribution < 1.29 is 14.7 Å². The third kappa shape index (κ3) is 6.15. The predicted octanol–water partition coefficient (Wildman–Crippen LogP) is 5.65. The number of pyridine rings is 1. The molecule has 0 saturated heterocycles. The number of aromatic nitrogens is 1. The minimum atomic E-state index is -0.533. The first-order chi connectivity index (χ1) is 16.6. The number of thioether (sulfide) groups is 1. The van der Waals surface area contributed by atoms with Gasteiger partial charge in [0.05, 0.1) is 24.5 Å². The summed E-state index contributed by atoms with van der Waals surface area (Å²) in [5.74, 6) is 1.06. The van der Waals surface area contributed by atoms with Crippen LogP contribution in [0.1, 0.15) is 15.9 Å². The Bertz CT molecular complexity index is 1310. The Balaban J connectivity index is 1.52. The molecule has 3 aromatic carbocycles. The van der Waals surface area contributed by atoms with Crippen LogP contribution >= 0.6 is 11.8 Å².